The first-order valence-corrected chi connectivity index (χ1v) is 5.32. The maximum absolute atomic E-state index is 10.9. The zero-order chi connectivity index (χ0) is 12.7. The number of urea groups is 1. The molecule has 0 atom stereocenters. The first-order chi connectivity index (χ1) is 8.17. The van der Waals surface area contributed by atoms with Crippen LogP contribution in [0.25, 0.3) is 0 Å². The van der Waals surface area contributed by atoms with Crippen LogP contribution in [0.4, 0.5) is 10.6 Å². The van der Waals surface area contributed by atoms with Crippen molar-refractivity contribution in [1.82, 2.24) is 20.4 Å². The molecule has 0 bridgehead atoms. The lowest BCUT2D eigenvalue weighted by atomic mass is 10.3. The van der Waals surface area contributed by atoms with Gasteiger partial charge in [-0.3, -0.25) is 0 Å². The molecule has 0 fully saturated rings. The lowest BCUT2D eigenvalue weighted by molar-refractivity contribution is 0.243. The van der Waals surface area contributed by atoms with E-state index in [1.54, 1.807) is 17.8 Å². The second-order valence-electron chi connectivity index (χ2n) is 3.45. The van der Waals surface area contributed by atoms with E-state index < -0.39 is 0 Å². The Hall–Kier alpha value is -2.23. The molecule has 0 unspecified atom stereocenters. The van der Waals surface area contributed by atoms with Gasteiger partial charge in [-0.25, -0.2) is 9.48 Å². The van der Waals surface area contributed by atoms with Gasteiger partial charge < -0.3 is 16.4 Å². The number of anilines is 1. The number of nitrogens with one attached hydrogen (secondary N) is 2. The first-order valence-electron chi connectivity index (χ1n) is 5.32. The van der Waals surface area contributed by atoms with E-state index in [2.05, 4.69) is 15.7 Å². The average Bonchev–Trinajstić information content (AvgIpc) is 2.67. The Labute approximate surface area is 99.6 Å². The Morgan fingerprint density at radius 1 is 1.71 bits per heavy atom. The molecule has 0 saturated heterocycles. The maximum Gasteiger partial charge on any atom is 0.314 e. The van der Waals surface area contributed by atoms with Crippen LogP contribution in [0.1, 0.15) is 12.1 Å². The zero-order valence-corrected chi connectivity index (χ0v) is 9.73. The predicted molar refractivity (Wildman–Crippen MR) is 63.0 cm³/mol. The lowest BCUT2D eigenvalue weighted by Crippen LogP contribution is -2.34. The molecule has 0 aromatic carbocycles. The Morgan fingerprint density at radius 3 is 3.12 bits per heavy atom. The normalized spacial score (nSPS) is 9.65. The number of hydrogen-bond acceptors (Lipinski definition) is 4. The summed E-state index contributed by atoms with van der Waals surface area (Å²) in [5.41, 5.74) is 6.53. The second kappa shape index (κ2) is 6.37. The standard InChI is InChI=1S/C10H16N6O/c1-13-10(17)14-5-3-8-7-9(12)16(15-8)6-2-4-11/h7H,2-3,5-6,12H2,1H3,(H2,13,14,17). The fourth-order valence-electron chi connectivity index (χ4n) is 1.34. The van der Waals surface area contributed by atoms with Crippen LogP contribution in [0.15, 0.2) is 6.07 Å². The van der Waals surface area contributed by atoms with Crippen molar-refractivity contribution in [1.29, 1.82) is 5.26 Å². The molecule has 0 aliphatic carbocycles. The van der Waals surface area contributed by atoms with Crippen molar-refractivity contribution in [3.63, 3.8) is 0 Å². The molecule has 1 aromatic rings. The van der Waals surface area contributed by atoms with E-state index in [1.807, 2.05) is 6.07 Å². The number of carbonyl (C=O) groups is 1. The molecule has 0 aliphatic heterocycles. The molecule has 92 valence electrons. The molecule has 0 radical (unpaired) electrons. The highest BCUT2D eigenvalue weighted by Gasteiger charge is 2.05. The van der Waals surface area contributed by atoms with Gasteiger partial charge in [0.1, 0.15) is 5.82 Å². The van der Waals surface area contributed by atoms with Gasteiger partial charge in [-0.15, -0.1) is 0 Å². The molecule has 4 N–H and O–H groups in total. The van der Waals surface area contributed by atoms with Gasteiger partial charge in [0.2, 0.25) is 0 Å². The summed E-state index contributed by atoms with van der Waals surface area (Å²) in [6, 6.07) is 3.57. The van der Waals surface area contributed by atoms with Crippen LogP contribution in [0.2, 0.25) is 0 Å². The number of aryl methyl sites for hydroxylation is 1. The second-order valence-corrected chi connectivity index (χ2v) is 3.45. The molecular formula is C10H16N6O. The number of nitrogens with zero attached hydrogens (tertiary/aromatic N) is 3. The Kier molecular flexibility index (Phi) is 4.81. The topological polar surface area (TPSA) is 109 Å². The van der Waals surface area contributed by atoms with Crippen LogP contribution in [-0.4, -0.2) is 29.4 Å². The van der Waals surface area contributed by atoms with E-state index >= 15 is 0 Å². The van der Waals surface area contributed by atoms with Gasteiger partial charge in [0.05, 0.1) is 24.7 Å². The molecule has 2 amide bonds. The molecule has 7 nitrogen and oxygen atoms in total. The van der Waals surface area contributed by atoms with E-state index in [1.165, 1.54) is 0 Å². The highest BCUT2D eigenvalue weighted by molar-refractivity contribution is 5.73. The molecule has 1 rings (SSSR count). The molecule has 0 spiro atoms. The van der Waals surface area contributed by atoms with E-state index in [4.69, 9.17) is 11.0 Å². The van der Waals surface area contributed by atoms with Gasteiger partial charge in [0.15, 0.2) is 0 Å². The highest BCUT2D eigenvalue weighted by atomic mass is 16.2. The fraction of sp³-hybridized carbons (Fsp3) is 0.500. The Bertz CT molecular complexity index is 419. The monoisotopic (exact) mass is 236 g/mol. The summed E-state index contributed by atoms with van der Waals surface area (Å²) in [7, 11) is 1.56. The SMILES string of the molecule is CNC(=O)NCCc1cc(N)n(CCC#N)n1. The van der Waals surface area contributed by atoms with Gasteiger partial charge >= 0.3 is 6.03 Å². The van der Waals surface area contributed by atoms with Gasteiger partial charge in [0, 0.05) is 26.1 Å². The number of nitrogen functional groups attached to an aromatic ring is 1. The van der Waals surface area contributed by atoms with Crippen molar-refractivity contribution in [2.24, 2.45) is 0 Å². The number of rotatable bonds is 5. The van der Waals surface area contributed by atoms with E-state index in [0.717, 1.165) is 5.69 Å². The number of carbonyl (C=O) groups excluding carboxylic acids is 1. The summed E-state index contributed by atoms with van der Waals surface area (Å²) in [4.78, 5) is 10.9. The van der Waals surface area contributed by atoms with Crippen LogP contribution in [0, 0.1) is 11.3 Å². The van der Waals surface area contributed by atoms with Gasteiger partial charge in [-0.2, -0.15) is 10.4 Å². The van der Waals surface area contributed by atoms with Crippen LogP contribution in [0.5, 0.6) is 0 Å². The number of hydrogen-bond donors (Lipinski definition) is 3. The molecule has 1 heterocycles. The van der Waals surface area contributed by atoms with Crippen molar-refractivity contribution in [3.05, 3.63) is 11.8 Å². The van der Waals surface area contributed by atoms with Gasteiger partial charge in [-0.1, -0.05) is 0 Å². The molecule has 7 heteroatoms. The van der Waals surface area contributed by atoms with E-state index in [0.29, 0.717) is 31.7 Å². The van der Waals surface area contributed by atoms with Crippen molar-refractivity contribution < 1.29 is 4.79 Å². The van der Waals surface area contributed by atoms with Crippen molar-refractivity contribution >= 4 is 11.8 Å². The summed E-state index contributed by atoms with van der Waals surface area (Å²) in [5.74, 6) is 0.537. The van der Waals surface area contributed by atoms with Crippen LogP contribution >= 0.6 is 0 Å². The predicted octanol–water partition coefficient (Wildman–Crippen LogP) is -0.150. The average molecular weight is 236 g/mol. The van der Waals surface area contributed by atoms with E-state index in [9.17, 15) is 4.79 Å². The summed E-state index contributed by atoms with van der Waals surface area (Å²) in [5, 5.41) is 17.8. The molecule has 0 saturated carbocycles. The van der Waals surface area contributed by atoms with Crippen molar-refractivity contribution in [3.8, 4) is 6.07 Å². The van der Waals surface area contributed by atoms with E-state index in [-0.39, 0.29) is 6.03 Å². The largest absolute Gasteiger partial charge is 0.384 e. The maximum atomic E-state index is 10.9. The van der Waals surface area contributed by atoms with Crippen LogP contribution < -0.4 is 16.4 Å². The smallest absolute Gasteiger partial charge is 0.314 e. The van der Waals surface area contributed by atoms with Crippen molar-refractivity contribution in [2.45, 2.75) is 19.4 Å². The zero-order valence-electron chi connectivity index (χ0n) is 9.73. The number of nitrogens with two attached hydrogens (primary N) is 1. The number of aromatic nitrogens is 2. The third kappa shape index (κ3) is 4.03. The third-order valence-corrected chi connectivity index (χ3v) is 2.19. The summed E-state index contributed by atoms with van der Waals surface area (Å²) < 4.78 is 1.60. The molecule has 17 heavy (non-hydrogen) atoms. The quantitative estimate of drug-likeness (QED) is 0.660. The van der Waals surface area contributed by atoms with Crippen LogP contribution in [0.3, 0.4) is 0 Å². The minimum absolute atomic E-state index is 0.220. The molecule has 1 aromatic heterocycles. The Morgan fingerprint density at radius 2 is 2.47 bits per heavy atom. The molecule has 0 aliphatic rings. The third-order valence-electron chi connectivity index (χ3n) is 2.19. The van der Waals surface area contributed by atoms with Gasteiger partial charge in [0.25, 0.3) is 0 Å². The summed E-state index contributed by atoms with van der Waals surface area (Å²) >= 11 is 0. The van der Waals surface area contributed by atoms with Crippen molar-refractivity contribution in [2.75, 3.05) is 19.3 Å². The minimum Gasteiger partial charge on any atom is -0.384 e. The Balaban J connectivity index is 2.44. The summed E-state index contributed by atoms with van der Waals surface area (Å²) in [6.07, 6.45) is 0.985. The highest BCUT2D eigenvalue weighted by Crippen LogP contribution is 2.07. The molecular weight excluding hydrogens is 220 g/mol. The summed E-state index contributed by atoms with van der Waals surface area (Å²) in [6.45, 7) is 0.986. The number of nitriles is 1. The fourth-order valence-corrected chi connectivity index (χ4v) is 1.34. The van der Waals surface area contributed by atoms with Crippen LogP contribution in [-0.2, 0) is 13.0 Å². The first kappa shape index (κ1) is 12.8. The lowest BCUT2D eigenvalue weighted by Gasteiger charge is -2.01. The number of amides is 2. The van der Waals surface area contributed by atoms with Gasteiger partial charge in [-0.05, 0) is 0 Å². The minimum atomic E-state index is -0.220.